The average Bonchev–Trinajstić information content (AvgIpc) is 2.83. The number of aromatic nitrogens is 1. The Morgan fingerprint density at radius 1 is 1.24 bits per heavy atom. The summed E-state index contributed by atoms with van der Waals surface area (Å²) in [4.78, 5) is 26.0. The summed E-state index contributed by atoms with van der Waals surface area (Å²) in [5, 5.41) is 2.59. The molecule has 0 unspecified atom stereocenters. The second kappa shape index (κ2) is 4.48. The van der Waals surface area contributed by atoms with Crippen LogP contribution in [0.3, 0.4) is 0 Å². The molecule has 0 spiro atoms. The number of rotatable bonds is 3. The van der Waals surface area contributed by atoms with Crippen molar-refractivity contribution in [3.63, 3.8) is 0 Å². The van der Waals surface area contributed by atoms with Crippen molar-refractivity contribution in [3.05, 3.63) is 48.2 Å². The number of hydrogen-bond acceptors (Lipinski definition) is 4. The van der Waals surface area contributed by atoms with Crippen molar-refractivity contribution in [2.75, 3.05) is 5.32 Å². The molecule has 86 valence electrons. The molecule has 1 aromatic heterocycles. The normalized spacial score (nSPS) is 9.88. The molecule has 2 amide bonds. The smallest absolute Gasteiger partial charge is 0.293 e. The van der Waals surface area contributed by atoms with Crippen molar-refractivity contribution < 1.29 is 14.0 Å². The molecule has 0 aliphatic heterocycles. The van der Waals surface area contributed by atoms with E-state index in [2.05, 4.69) is 10.3 Å². The highest BCUT2D eigenvalue weighted by molar-refractivity contribution is 6.02. The van der Waals surface area contributed by atoms with Crippen LogP contribution >= 0.6 is 0 Å². The fourth-order valence-electron chi connectivity index (χ4n) is 1.24. The lowest BCUT2D eigenvalue weighted by molar-refractivity contribution is 0.0991. The topological polar surface area (TPSA) is 98.2 Å². The third-order valence-electron chi connectivity index (χ3n) is 2.08. The second-order valence-electron chi connectivity index (χ2n) is 3.26. The Morgan fingerprint density at radius 3 is 2.47 bits per heavy atom. The quantitative estimate of drug-likeness (QED) is 0.823. The first-order chi connectivity index (χ1) is 8.16. The number of nitrogens with one attached hydrogen (secondary N) is 1. The first kappa shape index (κ1) is 10.9. The Morgan fingerprint density at radius 2 is 1.94 bits per heavy atom. The van der Waals surface area contributed by atoms with Gasteiger partial charge in [-0.2, -0.15) is 0 Å². The maximum absolute atomic E-state index is 11.6. The molecule has 0 atom stereocenters. The van der Waals surface area contributed by atoms with Crippen LogP contribution in [0.1, 0.15) is 20.9 Å². The third kappa shape index (κ3) is 2.49. The van der Waals surface area contributed by atoms with Crippen LogP contribution in [-0.2, 0) is 0 Å². The molecule has 3 N–H and O–H groups in total. The molecule has 17 heavy (non-hydrogen) atoms. The van der Waals surface area contributed by atoms with Crippen LogP contribution in [0, 0.1) is 0 Å². The van der Waals surface area contributed by atoms with Gasteiger partial charge in [-0.3, -0.25) is 9.59 Å². The molecule has 0 bridgehead atoms. The maximum atomic E-state index is 11.6. The summed E-state index contributed by atoms with van der Waals surface area (Å²) in [5.74, 6) is -0.809. The molecule has 1 aromatic carbocycles. The minimum atomic E-state index is -0.516. The van der Waals surface area contributed by atoms with E-state index in [-0.39, 0.29) is 5.76 Å². The van der Waals surface area contributed by atoms with Gasteiger partial charge in [0.05, 0.1) is 6.20 Å². The summed E-state index contributed by atoms with van der Waals surface area (Å²) in [5.41, 5.74) is 6.01. The van der Waals surface area contributed by atoms with Gasteiger partial charge in [0.2, 0.25) is 11.7 Å². The minimum absolute atomic E-state index is 0.115. The van der Waals surface area contributed by atoms with Gasteiger partial charge in [0.1, 0.15) is 0 Å². The van der Waals surface area contributed by atoms with Crippen molar-refractivity contribution in [2.24, 2.45) is 5.73 Å². The van der Waals surface area contributed by atoms with Crippen LogP contribution < -0.4 is 11.1 Å². The highest BCUT2D eigenvalue weighted by Gasteiger charge is 2.09. The monoisotopic (exact) mass is 231 g/mol. The molecule has 0 radical (unpaired) electrons. The van der Waals surface area contributed by atoms with E-state index in [0.29, 0.717) is 11.3 Å². The van der Waals surface area contributed by atoms with Gasteiger partial charge in [-0.05, 0) is 24.3 Å². The zero-order valence-corrected chi connectivity index (χ0v) is 8.71. The number of amides is 2. The van der Waals surface area contributed by atoms with Crippen molar-refractivity contribution in [1.82, 2.24) is 4.98 Å². The van der Waals surface area contributed by atoms with Crippen LogP contribution in [0.5, 0.6) is 0 Å². The summed E-state index contributed by atoms with van der Waals surface area (Å²) in [6.45, 7) is 0. The largest absolute Gasteiger partial charge is 0.438 e. The van der Waals surface area contributed by atoms with Crippen LogP contribution in [0.15, 0.2) is 41.3 Å². The van der Waals surface area contributed by atoms with Crippen LogP contribution in [0.2, 0.25) is 0 Å². The predicted molar refractivity (Wildman–Crippen MR) is 59.4 cm³/mol. The van der Waals surface area contributed by atoms with E-state index in [1.54, 1.807) is 12.1 Å². The van der Waals surface area contributed by atoms with Gasteiger partial charge in [-0.1, -0.05) is 0 Å². The number of carbonyl (C=O) groups is 2. The molecule has 0 saturated heterocycles. The first-order valence-corrected chi connectivity index (χ1v) is 4.76. The zero-order valence-electron chi connectivity index (χ0n) is 8.71. The average molecular weight is 231 g/mol. The van der Waals surface area contributed by atoms with Crippen molar-refractivity contribution in [1.29, 1.82) is 0 Å². The van der Waals surface area contributed by atoms with Crippen LogP contribution in [0.25, 0.3) is 0 Å². The number of carbonyl (C=O) groups excluding carboxylic acids is 2. The number of hydrogen-bond donors (Lipinski definition) is 2. The highest BCUT2D eigenvalue weighted by atomic mass is 16.3. The fourth-order valence-corrected chi connectivity index (χ4v) is 1.24. The molecule has 1 heterocycles. The zero-order chi connectivity index (χ0) is 12.3. The van der Waals surface area contributed by atoms with E-state index in [4.69, 9.17) is 10.2 Å². The van der Waals surface area contributed by atoms with Crippen LogP contribution in [0.4, 0.5) is 5.69 Å². The van der Waals surface area contributed by atoms with Gasteiger partial charge in [0.15, 0.2) is 6.39 Å². The molecule has 2 aromatic rings. The number of benzene rings is 1. The molecule has 6 nitrogen and oxygen atoms in total. The minimum Gasteiger partial charge on any atom is -0.438 e. The Hall–Kier alpha value is -2.63. The molecule has 6 heteroatoms. The molecule has 0 aliphatic rings. The Bertz CT molecular complexity index is 532. The lowest BCUT2D eigenvalue weighted by atomic mass is 10.2. The summed E-state index contributed by atoms with van der Waals surface area (Å²) < 4.78 is 4.83. The highest BCUT2D eigenvalue weighted by Crippen LogP contribution is 2.10. The molecular weight excluding hydrogens is 222 g/mol. The predicted octanol–water partition coefficient (Wildman–Crippen LogP) is 1.03. The number of nitrogens with two attached hydrogens (primary N) is 1. The molecule has 0 aliphatic carbocycles. The van der Waals surface area contributed by atoms with E-state index in [1.165, 1.54) is 24.7 Å². The SMILES string of the molecule is NC(=O)c1ccc(NC(=O)c2cnco2)cc1. The van der Waals surface area contributed by atoms with Crippen molar-refractivity contribution in [2.45, 2.75) is 0 Å². The van der Waals surface area contributed by atoms with Crippen molar-refractivity contribution >= 4 is 17.5 Å². The van der Waals surface area contributed by atoms with E-state index < -0.39 is 11.8 Å². The number of nitrogens with zero attached hydrogens (tertiary/aromatic N) is 1. The summed E-state index contributed by atoms with van der Waals surface area (Å²) >= 11 is 0. The van der Waals surface area contributed by atoms with Gasteiger partial charge < -0.3 is 15.5 Å². The standard InChI is InChI=1S/C11H9N3O3/c12-10(15)7-1-3-8(4-2-7)14-11(16)9-5-13-6-17-9/h1-6H,(H2,12,15)(H,14,16). The van der Waals surface area contributed by atoms with E-state index in [1.807, 2.05) is 0 Å². The summed E-state index contributed by atoms with van der Waals surface area (Å²) in [6, 6.07) is 6.21. The summed E-state index contributed by atoms with van der Waals surface area (Å²) in [6.07, 6.45) is 2.48. The van der Waals surface area contributed by atoms with Crippen molar-refractivity contribution in [3.8, 4) is 0 Å². The molecule has 0 fully saturated rings. The molecule has 0 saturated carbocycles. The van der Waals surface area contributed by atoms with Gasteiger partial charge in [0, 0.05) is 11.3 Å². The molecule has 2 rings (SSSR count). The van der Waals surface area contributed by atoms with E-state index >= 15 is 0 Å². The number of primary amides is 1. The summed E-state index contributed by atoms with van der Waals surface area (Å²) in [7, 11) is 0. The van der Waals surface area contributed by atoms with Gasteiger partial charge in [-0.25, -0.2) is 4.98 Å². The Kier molecular flexibility index (Phi) is 2.87. The maximum Gasteiger partial charge on any atom is 0.293 e. The number of oxazole rings is 1. The lowest BCUT2D eigenvalue weighted by Crippen LogP contribution is -2.12. The Balaban J connectivity index is 2.09. The van der Waals surface area contributed by atoms with E-state index in [9.17, 15) is 9.59 Å². The third-order valence-corrected chi connectivity index (χ3v) is 2.08. The number of anilines is 1. The van der Waals surface area contributed by atoms with Gasteiger partial charge in [0.25, 0.3) is 5.91 Å². The first-order valence-electron chi connectivity index (χ1n) is 4.76. The van der Waals surface area contributed by atoms with Gasteiger partial charge in [-0.15, -0.1) is 0 Å². The Labute approximate surface area is 96.4 Å². The lowest BCUT2D eigenvalue weighted by Gasteiger charge is -2.03. The van der Waals surface area contributed by atoms with E-state index in [0.717, 1.165) is 0 Å². The fraction of sp³-hybridized carbons (Fsp3) is 0. The second-order valence-corrected chi connectivity index (χ2v) is 3.26. The van der Waals surface area contributed by atoms with Crippen LogP contribution in [-0.4, -0.2) is 16.8 Å². The van der Waals surface area contributed by atoms with Gasteiger partial charge >= 0.3 is 0 Å². The molecular formula is C11H9N3O3.